The number of allylic oxidation sites excluding steroid dienone is 2. The Morgan fingerprint density at radius 3 is 2.76 bits per heavy atom. The summed E-state index contributed by atoms with van der Waals surface area (Å²) >= 11 is 0. The number of ketones is 1. The van der Waals surface area contributed by atoms with Crippen molar-refractivity contribution in [2.24, 2.45) is 0 Å². The van der Waals surface area contributed by atoms with Gasteiger partial charge in [0.25, 0.3) is 0 Å². The molecule has 2 aromatic rings. The van der Waals surface area contributed by atoms with Crippen LogP contribution >= 0.6 is 0 Å². The Morgan fingerprint density at radius 1 is 1.28 bits per heavy atom. The first-order chi connectivity index (χ1) is 14.1. The maximum absolute atomic E-state index is 13.1. The minimum atomic E-state index is -0.270. The number of pyridine rings is 1. The third kappa shape index (κ3) is 3.49. The summed E-state index contributed by atoms with van der Waals surface area (Å²) in [4.78, 5) is 31.0. The number of nitrogens with one attached hydrogen (secondary N) is 2. The van der Waals surface area contributed by atoms with Crippen LogP contribution in [0.3, 0.4) is 0 Å². The van der Waals surface area contributed by atoms with Gasteiger partial charge in [-0.25, -0.2) is 4.79 Å². The van der Waals surface area contributed by atoms with E-state index in [1.54, 1.807) is 12.4 Å². The molecule has 0 saturated carbocycles. The summed E-state index contributed by atoms with van der Waals surface area (Å²) in [5.41, 5.74) is 3.46. The maximum Gasteiger partial charge on any atom is 0.318 e. The molecule has 0 fully saturated rings. The molecule has 4 rings (SSSR count). The largest absolute Gasteiger partial charge is 0.376 e. The highest BCUT2D eigenvalue weighted by Gasteiger charge is 2.35. The molecule has 0 radical (unpaired) electrons. The zero-order chi connectivity index (χ0) is 20.4. The SMILES string of the molecule is CCNC(=O)N1CC(=O)c2c(NC3C=CC=CC3)c(-c3ccncc3)n(N)c2C1. The van der Waals surface area contributed by atoms with E-state index >= 15 is 0 Å². The second-order valence-electron chi connectivity index (χ2n) is 7.07. The molecule has 29 heavy (non-hydrogen) atoms. The van der Waals surface area contributed by atoms with Crippen LogP contribution in [0.5, 0.6) is 0 Å². The van der Waals surface area contributed by atoms with Gasteiger partial charge < -0.3 is 21.4 Å². The first kappa shape index (κ1) is 18.8. The van der Waals surface area contributed by atoms with Crippen molar-refractivity contribution in [2.45, 2.75) is 25.9 Å². The van der Waals surface area contributed by atoms with Crippen molar-refractivity contribution in [2.75, 3.05) is 24.2 Å². The van der Waals surface area contributed by atoms with E-state index in [4.69, 9.17) is 5.84 Å². The quantitative estimate of drug-likeness (QED) is 0.693. The Morgan fingerprint density at radius 2 is 2.07 bits per heavy atom. The van der Waals surface area contributed by atoms with Gasteiger partial charge in [-0.2, -0.15) is 0 Å². The highest BCUT2D eigenvalue weighted by molar-refractivity contribution is 6.09. The van der Waals surface area contributed by atoms with Gasteiger partial charge in [0.1, 0.15) is 0 Å². The summed E-state index contributed by atoms with van der Waals surface area (Å²) in [6.45, 7) is 2.63. The van der Waals surface area contributed by atoms with E-state index in [0.29, 0.717) is 29.2 Å². The molecule has 1 aliphatic heterocycles. The van der Waals surface area contributed by atoms with Gasteiger partial charge in [-0.3, -0.25) is 14.5 Å². The molecule has 1 aliphatic carbocycles. The molecule has 1 unspecified atom stereocenters. The smallest absolute Gasteiger partial charge is 0.318 e. The van der Waals surface area contributed by atoms with E-state index in [9.17, 15) is 9.59 Å². The molecule has 0 spiro atoms. The van der Waals surface area contributed by atoms with Crippen LogP contribution in [-0.4, -0.2) is 45.5 Å². The number of carbonyl (C=O) groups is 2. The minimum Gasteiger partial charge on any atom is -0.376 e. The number of aromatic nitrogens is 2. The van der Waals surface area contributed by atoms with Crippen LogP contribution in [0.1, 0.15) is 29.4 Å². The number of carbonyl (C=O) groups excluding carboxylic acids is 2. The maximum atomic E-state index is 13.1. The number of nitrogen functional groups attached to an aromatic ring is 1. The fourth-order valence-electron chi connectivity index (χ4n) is 3.80. The average Bonchev–Trinajstić information content (AvgIpc) is 3.01. The van der Waals surface area contributed by atoms with Crippen LogP contribution in [0.2, 0.25) is 0 Å². The number of hydrogen-bond acceptors (Lipinski definition) is 5. The third-order valence-electron chi connectivity index (χ3n) is 5.14. The van der Waals surface area contributed by atoms with Crippen molar-refractivity contribution in [3.63, 3.8) is 0 Å². The predicted molar refractivity (Wildman–Crippen MR) is 112 cm³/mol. The van der Waals surface area contributed by atoms with Crippen molar-refractivity contribution in [1.29, 1.82) is 0 Å². The van der Waals surface area contributed by atoms with Gasteiger partial charge in [0.15, 0.2) is 5.78 Å². The molecule has 1 atom stereocenters. The van der Waals surface area contributed by atoms with Gasteiger partial charge in [0.05, 0.1) is 35.7 Å². The molecular weight excluding hydrogens is 368 g/mol. The van der Waals surface area contributed by atoms with Crippen molar-refractivity contribution < 1.29 is 9.59 Å². The van der Waals surface area contributed by atoms with Gasteiger partial charge in [-0.05, 0) is 25.5 Å². The Labute approximate surface area is 169 Å². The Bertz CT molecular complexity index is 992. The zero-order valence-electron chi connectivity index (χ0n) is 16.3. The molecule has 8 heteroatoms. The number of amides is 2. The first-order valence-corrected chi connectivity index (χ1v) is 9.69. The molecule has 8 nitrogen and oxygen atoms in total. The molecule has 3 heterocycles. The summed E-state index contributed by atoms with van der Waals surface area (Å²) in [7, 11) is 0. The van der Waals surface area contributed by atoms with E-state index in [1.807, 2.05) is 31.2 Å². The Kier molecular flexibility index (Phi) is 5.07. The summed E-state index contributed by atoms with van der Waals surface area (Å²) in [5.74, 6) is 6.34. The lowest BCUT2D eigenvalue weighted by Crippen LogP contribution is -2.45. The standard InChI is InChI=1S/C21H24N6O2/c1-2-24-21(29)26-12-16-18(17(28)13-26)19(25-15-6-4-3-5-7-15)20(27(16)22)14-8-10-23-11-9-14/h3-6,8-11,15,25H,2,7,12-13,22H2,1H3,(H,24,29). The lowest BCUT2D eigenvalue weighted by atomic mass is 10.0. The molecule has 150 valence electrons. The monoisotopic (exact) mass is 392 g/mol. The average molecular weight is 392 g/mol. The number of fused-ring (bicyclic) bond motifs is 1. The fraction of sp³-hybridized carbons (Fsp3) is 0.286. The minimum absolute atomic E-state index is 0.0215. The molecule has 2 aliphatic rings. The van der Waals surface area contributed by atoms with Gasteiger partial charge in [0, 0.05) is 30.5 Å². The summed E-state index contributed by atoms with van der Waals surface area (Å²) < 4.78 is 1.53. The van der Waals surface area contributed by atoms with Crippen molar-refractivity contribution >= 4 is 17.5 Å². The number of nitrogens with zero attached hydrogens (tertiary/aromatic N) is 3. The highest BCUT2D eigenvalue weighted by atomic mass is 16.2. The molecule has 2 aromatic heterocycles. The summed E-state index contributed by atoms with van der Waals surface area (Å²) in [5, 5.41) is 6.25. The second-order valence-corrected chi connectivity index (χ2v) is 7.07. The van der Waals surface area contributed by atoms with E-state index in [0.717, 1.165) is 12.0 Å². The van der Waals surface area contributed by atoms with Crippen molar-refractivity contribution in [3.05, 3.63) is 60.1 Å². The second kappa shape index (κ2) is 7.83. The van der Waals surface area contributed by atoms with Gasteiger partial charge in [0.2, 0.25) is 0 Å². The summed E-state index contributed by atoms with van der Waals surface area (Å²) in [6, 6.07) is 3.50. The van der Waals surface area contributed by atoms with E-state index < -0.39 is 0 Å². The highest BCUT2D eigenvalue weighted by Crippen LogP contribution is 2.38. The van der Waals surface area contributed by atoms with Gasteiger partial charge in [-0.15, -0.1) is 0 Å². The topological polar surface area (TPSA) is 105 Å². The van der Waals surface area contributed by atoms with E-state index in [1.165, 1.54) is 9.58 Å². The molecule has 0 saturated heterocycles. The van der Waals surface area contributed by atoms with Crippen LogP contribution in [0.15, 0.2) is 48.8 Å². The van der Waals surface area contributed by atoms with E-state index in [2.05, 4.69) is 27.8 Å². The summed E-state index contributed by atoms with van der Waals surface area (Å²) in [6.07, 6.45) is 12.3. The third-order valence-corrected chi connectivity index (χ3v) is 5.14. The number of Topliss-reactive ketones (excluding diaryl/α,β-unsaturated/α-hetero) is 1. The van der Waals surface area contributed by atoms with Gasteiger partial charge in [-0.1, -0.05) is 24.3 Å². The number of rotatable bonds is 4. The molecule has 4 N–H and O–H groups in total. The molecule has 0 bridgehead atoms. The van der Waals surface area contributed by atoms with Crippen molar-refractivity contribution in [3.8, 4) is 11.3 Å². The van der Waals surface area contributed by atoms with Crippen LogP contribution in [-0.2, 0) is 6.54 Å². The first-order valence-electron chi connectivity index (χ1n) is 9.69. The molecule has 2 amide bonds. The van der Waals surface area contributed by atoms with Crippen LogP contribution in [0, 0.1) is 0 Å². The molecular formula is C21H24N6O2. The predicted octanol–water partition coefficient (Wildman–Crippen LogP) is 2.29. The number of hydrogen-bond donors (Lipinski definition) is 3. The lowest BCUT2D eigenvalue weighted by molar-refractivity contribution is 0.0917. The Hall–Kier alpha value is -3.55. The van der Waals surface area contributed by atoms with Crippen LogP contribution in [0.25, 0.3) is 11.3 Å². The molecule has 0 aromatic carbocycles. The van der Waals surface area contributed by atoms with Crippen molar-refractivity contribution in [1.82, 2.24) is 19.9 Å². The van der Waals surface area contributed by atoms with E-state index in [-0.39, 0.29) is 30.9 Å². The Balaban J connectivity index is 1.80. The number of urea groups is 1. The fourth-order valence-corrected chi connectivity index (χ4v) is 3.80. The normalized spacial score (nSPS) is 17.9. The number of nitrogens with two attached hydrogens (primary N) is 1. The van der Waals surface area contributed by atoms with Crippen LogP contribution in [0.4, 0.5) is 10.5 Å². The lowest BCUT2D eigenvalue weighted by Gasteiger charge is -2.27. The number of anilines is 1. The van der Waals surface area contributed by atoms with Crippen LogP contribution < -0.4 is 16.5 Å². The zero-order valence-corrected chi connectivity index (χ0v) is 16.3. The van der Waals surface area contributed by atoms with Gasteiger partial charge >= 0.3 is 6.03 Å².